The zero-order valence-electron chi connectivity index (χ0n) is 55.0. The second kappa shape index (κ2) is 35.8. The molecule has 0 amide bonds. The number of unbranched alkanes of at least 4 members (excludes halogenated alkanes) is 12. The van der Waals surface area contributed by atoms with E-state index < -0.39 is 0 Å². The first-order chi connectivity index (χ1) is 49.2. The van der Waals surface area contributed by atoms with Crippen LogP contribution in [0.15, 0.2) is 162 Å². The lowest BCUT2D eigenvalue weighted by Crippen LogP contribution is -2.04. The smallest absolute Gasteiger partial charge is 0.348 e. The third-order valence-electron chi connectivity index (χ3n) is 16.8. The predicted molar refractivity (Wildman–Crippen MR) is 411 cm³/mol. The maximum atomic E-state index is 12.4. The summed E-state index contributed by atoms with van der Waals surface area (Å²) < 4.78 is 22.1. The highest BCUT2D eigenvalue weighted by Gasteiger charge is 2.25. The summed E-state index contributed by atoms with van der Waals surface area (Å²) in [5.41, 5.74) is 5.97. The first kappa shape index (κ1) is 70.7. The van der Waals surface area contributed by atoms with Crippen LogP contribution in [-0.4, -0.2) is 113 Å². The van der Waals surface area contributed by atoms with Crippen LogP contribution in [0.1, 0.15) is 141 Å². The number of thiophene rings is 4. The Balaban J connectivity index is 0.793. The van der Waals surface area contributed by atoms with Crippen molar-refractivity contribution in [2.45, 2.75) is 122 Å². The molecule has 0 saturated carbocycles. The van der Waals surface area contributed by atoms with Crippen molar-refractivity contribution in [3.05, 3.63) is 162 Å². The molecule has 9 heterocycles. The molecular formula is C76H74N8O8S8. The van der Waals surface area contributed by atoms with Gasteiger partial charge < -0.3 is 28.9 Å². The van der Waals surface area contributed by atoms with Gasteiger partial charge in [0.15, 0.2) is 23.3 Å². The van der Waals surface area contributed by atoms with E-state index in [2.05, 4.69) is 82.8 Å². The predicted octanol–water partition coefficient (Wildman–Crippen LogP) is 21.2. The average molecular weight is 1480 g/mol. The Kier molecular flexibility index (Phi) is 25.3. The molecule has 0 unspecified atom stereocenters. The monoisotopic (exact) mass is 1480 g/mol. The Bertz CT molecular complexity index is 4470. The van der Waals surface area contributed by atoms with Gasteiger partial charge in [0, 0.05) is 63.4 Å². The van der Waals surface area contributed by atoms with Crippen LogP contribution in [0.3, 0.4) is 0 Å². The molecule has 7 aromatic heterocycles. The van der Waals surface area contributed by atoms with Gasteiger partial charge in [-0.3, -0.25) is 0 Å². The number of carbonyl (C=O) groups excluding carboxylic acids is 4. The zero-order chi connectivity index (χ0) is 68.2. The van der Waals surface area contributed by atoms with E-state index in [-0.39, 0.29) is 23.9 Å². The van der Waals surface area contributed by atoms with Crippen LogP contribution in [-0.2, 0) is 18.9 Å². The molecular weight excluding hydrogens is 1410 g/mol. The summed E-state index contributed by atoms with van der Waals surface area (Å²) in [5, 5.41) is 11.1. The van der Waals surface area contributed by atoms with Crippen LogP contribution in [0, 0.1) is 0 Å². The molecule has 11 aromatic rings. The standard InChI is InChI=1S/C76H74N8O8S8/c85-73(61-21-17-41-97-61)89-33-9-1-5-13-37-93-49-25-29-53-57(45-49)69-77-65(53)82-70-59-47-51(95-39-15-7-3-11-35-91-75(87)63-23-19-43-99-63)27-31-55(59)67(79-70)84-72-60-48-52(96-40-16-8-4-12-36-92-76(88)64-24-20-44-100-64)28-32-56(60)68(80-72)83-71-58-46-50(26-30-54(58)66(78-71)81-69)94-38-14-6-2-10-34-90-74(86)62-22-18-42-98-62/h17-32,41-48H,1-16,33-40H2,(H2,77,78,79,80,81,82,83,84). The summed E-state index contributed by atoms with van der Waals surface area (Å²) in [7, 11) is 0. The number of aromatic nitrogens is 8. The minimum absolute atomic E-state index is 0.255. The lowest BCUT2D eigenvalue weighted by molar-refractivity contribution is 0.0494. The molecule has 24 heteroatoms. The van der Waals surface area contributed by atoms with Crippen LogP contribution in [0.4, 0.5) is 0 Å². The largest absolute Gasteiger partial charge is 0.462 e. The molecule has 2 N–H and O–H groups in total. The number of nitrogens with one attached hydrogen (secondary N) is 2. The van der Waals surface area contributed by atoms with E-state index in [9.17, 15) is 19.2 Å². The Morgan fingerprint density at radius 2 is 0.580 bits per heavy atom. The molecule has 0 atom stereocenters. The van der Waals surface area contributed by atoms with E-state index >= 15 is 0 Å². The Labute approximate surface area is 613 Å². The fourth-order valence-corrected chi connectivity index (χ4v) is 17.8. The molecule has 4 aromatic carbocycles. The number of hydrogen-bond acceptors (Lipinski definition) is 22. The SMILES string of the molecule is O=C(OCCCCCCSc1ccc2c(c1)-c1nc-2nc2[nH]c(nc3nc(nc4[nH]c(n1)c1ccc(SCCCCCCOC(=O)c5cccs5)cc41)-c1ccc(SCCCCCCOC(=O)c4cccs4)cc1-3)c1ccc(SCCCCCCOC(=O)c3cccs3)cc21)c1cccs1. The van der Waals surface area contributed by atoms with Crippen LogP contribution >= 0.6 is 92.4 Å². The maximum absolute atomic E-state index is 12.4. The van der Waals surface area contributed by atoms with E-state index in [1.54, 1.807) is 47.8 Å². The average Bonchev–Trinajstić information content (AvgIpc) is 1.60. The number of H-pyrrole nitrogens is 2. The molecule has 0 spiro atoms. The van der Waals surface area contributed by atoms with Gasteiger partial charge in [0.2, 0.25) is 0 Å². The van der Waals surface area contributed by atoms with Crippen molar-refractivity contribution in [3.63, 3.8) is 0 Å². The fourth-order valence-electron chi connectivity index (χ4n) is 11.6. The van der Waals surface area contributed by atoms with E-state index in [0.717, 1.165) is 189 Å². The number of hydrogen-bond donors (Lipinski definition) is 2. The number of benzene rings is 4. The number of fused-ring (bicyclic) bond motifs is 20. The maximum Gasteiger partial charge on any atom is 0.348 e. The van der Waals surface area contributed by atoms with Gasteiger partial charge in [-0.1, -0.05) is 75.6 Å². The highest BCUT2D eigenvalue weighted by molar-refractivity contribution is 8.00. The van der Waals surface area contributed by atoms with Crippen molar-refractivity contribution in [2.24, 2.45) is 0 Å². The van der Waals surface area contributed by atoms with Crippen molar-refractivity contribution in [1.82, 2.24) is 39.9 Å². The Morgan fingerprint density at radius 1 is 0.300 bits per heavy atom. The molecule has 514 valence electrons. The minimum Gasteiger partial charge on any atom is -0.462 e. The summed E-state index contributed by atoms with van der Waals surface area (Å²) in [4.78, 5) is 96.2. The summed E-state index contributed by atoms with van der Waals surface area (Å²) in [6, 6.07) is 40.5. The van der Waals surface area contributed by atoms with E-state index in [1.807, 2.05) is 69.3 Å². The zero-order valence-corrected chi connectivity index (χ0v) is 61.6. The van der Waals surface area contributed by atoms with Gasteiger partial charge in [0.05, 0.1) is 26.4 Å². The number of nitrogens with zero attached hydrogens (tertiary/aromatic N) is 6. The summed E-state index contributed by atoms with van der Waals surface area (Å²) in [6.07, 6.45) is 15.3. The third kappa shape index (κ3) is 18.7. The minimum atomic E-state index is -0.255. The first-order valence-corrected chi connectivity index (χ1v) is 41.4. The van der Waals surface area contributed by atoms with Crippen LogP contribution in [0.5, 0.6) is 0 Å². The number of thioether (sulfide) groups is 4. The molecule has 2 aliphatic rings. The van der Waals surface area contributed by atoms with Crippen molar-refractivity contribution < 1.29 is 38.1 Å². The molecule has 100 heavy (non-hydrogen) atoms. The van der Waals surface area contributed by atoms with Gasteiger partial charge in [-0.05, 0) is 193 Å². The first-order valence-electron chi connectivity index (χ1n) is 34.0. The molecule has 0 radical (unpaired) electrons. The normalized spacial score (nSPS) is 11.7. The molecule has 0 saturated heterocycles. The van der Waals surface area contributed by atoms with Crippen LogP contribution in [0.2, 0.25) is 0 Å². The lowest BCUT2D eigenvalue weighted by atomic mass is 10.1. The van der Waals surface area contributed by atoms with Crippen LogP contribution in [0.25, 0.3) is 89.7 Å². The quantitative estimate of drug-likeness (QED) is 0.0162. The van der Waals surface area contributed by atoms with Crippen molar-refractivity contribution in [1.29, 1.82) is 0 Å². The summed E-state index contributed by atoms with van der Waals surface area (Å²) in [6.45, 7) is 1.66. The highest BCUT2D eigenvalue weighted by atomic mass is 32.2. The third-order valence-corrected chi connectivity index (χ3v) is 24.5. The number of carbonyl (C=O) groups is 4. The number of ether oxygens (including phenoxy) is 4. The fraction of sp³-hybridized carbons (Fsp3) is 0.316. The molecule has 8 bridgehead atoms. The second-order valence-corrected chi connectivity index (χ2v) is 32.4. The second-order valence-electron chi connectivity index (χ2n) is 23.9. The molecule has 0 fully saturated rings. The van der Waals surface area contributed by atoms with Crippen LogP contribution < -0.4 is 0 Å². The summed E-state index contributed by atoms with van der Waals surface area (Å²) in [5.74, 6) is 4.77. The lowest BCUT2D eigenvalue weighted by Gasteiger charge is -2.06. The van der Waals surface area contributed by atoms with Gasteiger partial charge >= 0.3 is 23.9 Å². The number of esters is 4. The van der Waals surface area contributed by atoms with Gasteiger partial charge in [0.25, 0.3) is 0 Å². The van der Waals surface area contributed by atoms with E-state index in [1.165, 1.54) is 45.3 Å². The number of aromatic amines is 2. The van der Waals surface area contributed by atoms with Gasteiger partial charge in [-0.2, -0.15) is 0 Å². The Hall–Kier alpha value is -7.68. The highest BCUT2D eigenvalue weighted by Crippen LogP contribution is 2.41. The van der Waals surface area contributed by atoms with E-state index in [4.69, 9.17) is 48.9 Å². The van der Waals surface area contributed by atoms with Crippen molar-refractivity contribution in [2.75, 3.05) is 49.4 Å². The van der Waals surface area contributed by atoms with E-state index in [0.29, 0.717) is 91.8 Å². The summed E-state index contributed by atoms with van der Waals surface area (Å²) >= 11 is 12.8. The molecule has 2 aliphatic heterocycles. The molecule has 13 rings (SSSR count). The van der Waals surface area contributed by atoms with Crippen molar-refractivity contribution >= 4 is 160 Å². The van der Waals surface area contributed by atoms with Crippen molar-refractivity contribution in [3.8, 4) is 45.6 Å². The Morgan fingerprint density at radius 3 is 0.890 bits per heavy atom. The molecule has 16 nitrogen and oxygen atoms in total. The van der Waals surface area contributed by atoms with Gasteiger partial charge in [0.1, 0.15) is 42.1 Å². The topological polar surface area (TPSA) is 214 Å². The molecule has 0 aliphatic carbocycles. The number of rotatable bonds is 36. The van der Waals surface area contributed by atoms with Gasteiger partial charge in [-0.25, -0.2) is 49.1 Å². The van der Waals surface area contributed by atoms with Gasteiger partial charge in [-0.15, -0.1) is 92.4 Å².